The molecule has 2 bridgehead atoms. The SMILES string of the molecule is C[C@H]1C(=O)NCCN1c1nc2c(C(=O)NC3CC4CCCC(C3)N4C)cccc2o1. The Balaban J connectivity index is 1.37. The Morgan fingerprint density at radius 2 is 2.03 bits per heavy atom. The van der Waals surface area contributed by atoms with E-state index in [4.69, 9.17) is 4.42 Å². The highest BCUT2D eigenvalue weighted by Crippen LogP contribution is 2.33. The van der Waals surface area contributed by atoms with Crippen molar-refractivity contribution in [2.45, 2.75) is 63.2 Å². The van der Waals surface area contributed by atoms with Crippen molar-refractivity contribution < 1.29 is 14.0 Å². The van der Waals surface area contributed by atoms with E-state index < -0.39 is 0 Å². The molecule has 2 aromatic rings. The molecule has 2 amide bonds. The standard InChI is InChI=1S/C22H29N5O3/c1-13-20(28)23-9-10-27(13)22-25-19-17(7-4-8-18(19)30-22)21(29)24-14-11-15-5-3-6-16(12-14)26(15)2/h4,7-8,13-16H,3,5-6,9-12H2,1-2H3,(H,23,28)(H,24,29)/t13-,14?,15?,16?/m0/s1. The summed E-state index contributed by atoms with van der Waals surface area (Å²) in [6.07, 6.45) is 5.71. The van der Waals surface area contributed by atoms with Gasteiger partial charge >= 0.3 is 0 Å². The molecule has 30 heavy (non-hydrogen) atoms. The summed E-state index contributed by atoms with van der Waals surface area (Å²) in [6, 6.07) is 6.78. The van der Waals surface area contributed by atoms with Crippen LogP contribution in [0.25, 0.3) is 11.1 Å². The third-order valence-electron chi connectivity index (χ3n) is 7.07. The zero-order valence-corrected chi connectivity index (χ0v) is 17.6. The predicted octanol–water partition coefficient (Wildman–Crippen LogP) is 1.90. The van der Waals surface area contributed by atoms with Crippen LogP contribution in [0.15, 0.2) is 22.6 Å². The number of piperazine rings is 1. The van der Waals surface area contributed by atoms with Gasteiger partial charge in [0, 0.05) is 31.2 Å². The zero-order chi connectivity index (χ0) is 20.8. The summed E-state index contributed by atoms with van der Waals surface area (Å²) in [7, 11) is 2.21. The maximum atomic E-state index is 13.1. The number of carbonyl (C=O) groups excluding carboxylic acids is 2. The number of para-hydroxylation sites is 1. The first kappa shape index (κ1) is 19.4. The Morgan fingerprint density at radius 1 is 1.27 bits per heavy atom. The summed E-state index contributed by atoms with van der Waals surface area (Å²) in [5.41, 5.74) is 1.65. The van der Waals surface area contributed by atoms with Gasteiger partial charge in [0.05, 0.1) is 5.56 Å². The van der Waals surface area contributed by atoms with E-state index in [-0.39, 0.29) is 23.9 Å². The molecule has 8 nitrogen and oxygen atoms in total. The Hall–Kier alpha value is -2.61. The predicted molar refractivity (Wildman–Crippen MR) is 114 cm³/mol. The van der Waals surface area contributed by atoms with Gasteiger partial charge in [-0.15, -0.1) is 0 Å². The highest BCUT2D eigenvalue weighted by atomic mass is 16.4. The molecule has 3 fully saturated rings. The molecule has 0 saturated carbocycles. The van der Waals surface area contributed by atoms with Crippen LogP contribution in [0.5, 0.6) is 0 Å². The van der Waals surface area contributed by atoms with Crippen LogP contribution in [0.1, 0.15) is 49.4 Å². The van der Waals surface area contributed by atoms with Crippen LogP contribution in [-0.4, -0.2) is 66.0 Å². The molecule has 8 heteroatoms. The Labute approximate surface area is 176 Å². The van der Waals surface area contributed by atoms with Gasteiger partial charge in [-0.1, -0.05) is 12.5 Å². The number of hydrogen-bond donors (Lipinski definition) is 2. The number of amides is 2. The van der Waals surface area contributed by atoms with E-state index >= 15 is 0 Å². The third-order valence-corrected chi connectivity index (χ3v) is 7.07. The normalized spacial score (nSPS) is 29.7. The molecule has 1 aromatic carbocycles. The van der Waals surface area contributed by atoms with Gasteiger partial charge in [-0.2, -0.15) is 4.98 Å². The summed E-state index contributed by atoms with van der Waals surface area (Å²) in [4.78, 5) is 34.1. The molecule has 0 radical (unpaired) electrons. The Bertz CT molecular complexity index is 959. The molecule has 4 heterocycles. The van der Waals surface area contributed by atoms with Crippen molar-refractivity contribution in [3.63, 3.8) is 0 Å². The molecule has 0 aliphatic carbocycles. The second-order valence-corrected chi connectivity index (χ2v) is 8.85. The molecule has 160 valence electrons. The molecule has 3 aliphatic heterocycles. The molecule has 5 rings (SSSR count). The molecule has 1 aromatic heterocycles. The lowest BCUT2D eigenvalue weighted by Crippen LogP contribution is -2.55. The van der Waals surface area contributed by atoms with Crippen molar-refractivity contribution in [3.8, 4) is 0 Å². The van der Waals surface area contributed by atoms with E-state index in [9.17, 15) is 9.59 Å². The summed E-state index contributed by atoms with van der Waals surface area (Å²) in [5.74, 6) is -0.146. The number of carbonyl (C=O) groups is 2. The van der Waals surface area contributed by atoms with Gasteiger partial charge in [0.25, 0.3) is 11.9 Å². The number of rotatable bonds is 3. The highest BCUT2D eigenvalue weighted by molar-refractivity contribution is 6.05. The fourth-order valence-corrected chi connectivity index (χ4v) is 5.28. The van der Waals surface area contributed by atoms with Crippen LogP contribution in [-0.2, 0) is 4.79 Å². The van der Waals surface area contributed by atoms with E-state index in [1.165, 1.54) is 19.3 Å². The monoisotopic (exact) mass is 411 g/mol. The van der Waals surface area contributed by atoms with Crippen LogP contribution in [0.2, 0.25) is 0 Å². The van der Waals surface area contributed by atoms with Crippen LogP contribution in [0.4, 0.5) is 6.01 Å². The lowest BCUT2D eigenvalue weighted by Gasteiger charge is -2.47. The van der Waals surface area contributed by atoms with E-state index in [1.807, 2.05) is 24.0 Å². The Morgan fingerprint density at radius 3 is 2.80 bits per heavy atom. The molecular formula is C22H29N5O3. The average Bonchev–Trinajstić information content (AvgIpc) is 3.14. The number of fused-ring (bicyclic) bond motifs is 3. The summed E-state index contributed by atoms with van der Waals surface area (Å²) in [5, 5.41) is 6.10. The number of hydrogen-bond acceptors (Lipinski definition) is 6. The number of piperidine rings is 2. The minimum atomic E-state index is -0.359. The van der Waals surface area contributed by atoms with Crippen LogP contribution < -0.4 is 15.5 Å². The fourth-order valence-electron chi connectivity index (χ4n) is 5.28. The first-order chi connectivity index (χ1) is 14.5. The second-order valence-electron chi connectivity index (χ2n) is 8.85. The van der Waals surface area contributed by atoms with Gasteiger partial charge in [0.2, 0.25) is 5.91 Å². The number of nitrogens with one attached hydrogen (secondary N) is 2. The first-order valence-electron chi connectivity index (χ1n) is 11.0. The Kier molecular flexibility index (Phi) is 4.89. The molecule has 2 N–H and O–H groups in total. The summed E-state index contributed by atoms with van der Waals surface area (Å²) >= 11 is 0. The van der Waals surface area contributed by atoms with Crippen molar-refractivity contribution >= 4 is 28.9 Å². The fraction of sp³-hybridized carbons (Fsp3) is 0.591. The number of aromatic nitrogens is 1. The third kappa shape index (κ3) is 3.33. The second kappa shape index (κ2) is 7.58. The van der Waals surface area contributed by atoms with Gasteiger partial charge in [0.15, 0.2) is 5.58 Å². The van der Waals surface area contributed by atoms with E-state index in [2.05, 4.69) is 27.6 Å². The number of benzene rings is 1. The lowest BCUT2D eigenvalue weighted by molar-refractivity contribution is -0.123. The van der Waals surface area contributed by atoms with E-state index in [1.54, 1.807) is 6.07 Å². The van der Waals surface area contributed by atoms with Gasteiger partial charge in [0.1, 0.15) is 11.6 Å². The molecular weight excluding hydrogens is 382 g/mol. The maximum absolute atomic E-state index is 13.1. The molecule has 3 aliphatic rings. The molecule has 3 atom stereocenters. The largest absolute Gasteiger partial charge is 0.423 e. The van der Waals surface area contributed by atoms with Crippen molar-refractivity contribution in [1.82, 2.24) is 20.5 Å². The van der Waals surface area contributed by atoms with Crippen molar-refractivity contribution in [3.05, 3.63) is 23.8 Å². The lowest BCUT2D eigenvalue weighted by atomic mass is 9.82. The van der Waals surface area contributed by atoms with Crippen LogP contribution in [0.3, 0.4) is 0 Å². The molecule has 3 saturated heterocycles. The first-order valence-corrected chi connectivity index (χ1v) is 11.0. The average molecular weight is 412 g/mol. The minimum absolute atomic E-state index is 0.0470. The van der Waals surface area contributed by atoms with E-state index in [0.717, 1.165) is 12.8 Å². The summed E-state index contributed by atoms with van der Waals surface area (Å²) < 4.78 is 5.93. The van der Waals surface area contributed by atoms with Crippen LogP contribution in [0, 0.1) is 0 Å². The van der Waals surface area contributed by atoms with E-state index in [0.29, 0.717) is 47.9 Å². The van der Waals surface area contributed by atoms with Gasteiger partial charge in [-0.3, -0.25) is 9.59 Å². The van der Waals surface area contributed by atoms with Gasteiger partial charge in [-0.25, -0.2) is 0 Å². The van der Waals surface area contributed by atoms with Crippen molar-refractivity contribution in [2.24, 2.45) is 0 Å². The van der Waals surface area contributed by atoms with Crippen LogP contribution >= 0.6 is 0 Å². The smallest absolute Gasteiger partial charge is 0.299 e. The summed E-state index contributed by atoms with van der Waals surface area (Å²) in [6.45, 7) is 3.00. The highest BCUT2D eigenvalue weighted by Gasteiger charge is 2.37. The number of anilines is 1. The topological polar surface area (TPSA) is 90.7 Å². The maximum Gasteiger partial charge on any atom is 0.299 e. The number of oxazole rings is 1. The van der Waals surface area contributed by atoms with Gasteiger partial charge in [-0.05, 0) is 51.8 Å². The minimum Gasteiger partial charge on any atom is -0.423 e. The van der Waals surface area contributed by atoms with Crippen molar-refractivity contribution in [2.75, 3.05) is 25.0 Å². The quantitative estimate of drug-likeness (QED) is 0.802. The van der Waals surface area contributed by atoms with Gasteiger partial charge < -0.3 is 24.9 Å². The molecule has 0 spiro atoms. The molecule has 2 unspecified atom stereocenters. The van der Waals surface area contributed by atoms with Crippen molar-refractivity contribution in [1.29, 1.82) is 0 Å². The zero-order valence-electron chi connectivity index (χ0n) is 17.6. The number of nitrogens with zero attached hydrogens (tertiary/aromatic N) is 3.